The van der Waals surface area contributed by atoms with Gasteiger partial charge in [0.1, 0.15) is 17.2 Å². The van der Waals surface area contributed by atoms with E-state index in [1.807, 2.05) is 11.3 Å². The number of para-hydroxylation sites is 3. The molecule has 0 unspecified atom stereocenters. The van der Waals surface area contributed by atoms with Gasteiger partial charge in [0, 0.05) is 38.5 Å². The van der Waals surface area contributed by atoms with Gasteiger partial charge in [-0.2, -0.15) is 29.2 Å². The summed E-state index contributed by atoms with van der Waals surface area (Å²) in [5.41, 5.74) is 10.1. The minimum atomic E-state index is 0. The number of nitrogens with zero attached hydrogens (tertiary/aromatic N) is 4. The second-order valence-corrected chi connectivity index (χ2v) is 13.0. The summed E-state index contributed by atoms with van der Waals surface area (Å²) in [4.78, 5) is 11.8. The van der Waals surface area contributed by atoms with Crippen molar-refractivity contribution in [3.05, 3.63) is 139 Å². The van der Waals surface area contributed by atoms with Crippen LogP contribution >= 0.6 is 11.8 Å². The van der Waals surface area contributed by atoms with Crippen LogP contribution in [-0.2, 0) is 21.1 Å². The number of rotatable bonds is 6. The Bertz CT molecular complexity index is 2240. The molecule has 1 aliphatic rings. The van der Waals surface area contributed by atoms with Crippen LogP contribution in [0.4, 0.5) is 17.1 Å². The van der Waals surface area contributed by atoms with Gasteiger partial charge in [0.05, 0.1) is 6.04 Å². The Balaban J connectivity index is 0.00000351. The molecule has 1 N–H and O–H groups in total. The predicted octanol–water partition coefficient (Wildman–Crippen LogP) is 10.4. The van der Waals surface area contributed by atoms with Crippen molar-refractivity contribution in [2.45, 2.75) is 43.5 Å². The van der Waals surface area contributed by atoms with Gasteiger partial charge in [0.15, 0.2) is 0 Å². The number of aryl methyl sites for hydroxylation is 2. The average molecular weight is 813 g/mol. The summed E-state index contributed by atoms with van der Waals surface area (Å²) in [5, 5.41) is 6.38. The fraction of sp³-hybridized carbons (Fsp3) is 0.125. The first-order valence-electron chi connectivity index (χ1n) is 15.5. The molecule has 0 radical (unpaired) electrons. The summed E-state index contributed by atoms with van der Waals surface area (Å²) in [7, 11) is 0. The first-order chi connectivity index (χ1) is 22.5. The van der Waals surface area contributed by atoms with Crippen molar-refractivity contribution in [2.24, 2.45) is 0 Å². The summed E-state index contributed by atoms with van der Waals surface area (Å²) < 4.78 is 2.24. The minimum absolute atomic E-state index is 0. The molecule has 236 valence electrons. The number of hydrogen-bond acceptors (Lipinski definition) is 4. The van der Waals surface area contributed by atoms with Gasteiger partial charge in [0.25, 0.3) is 0 Å². The second-order valence-electron chi connectivity index (χ2n) is 11.9. The molecule has 0 aliphatic carbocycles. The zero-order valence-electron chi connectivity index (χ0n) is 26.5. The van der Waals surface area contributed by atoms with E-state index in [1.54, 1.807) is 11.8 Å². The van der Waals surface area contributed by atoms with E-state index in [9.17, 15) is 0 Å². The molecular weight excluding hydrogens is 780 g/mol. The Morgan fingerprint density at radius 3 is 2.26 bits per heavy atom. The van der Waals surface area contributed by atoms with Crippen LogP contribution in [0.1, 0.15) is 25.0 Å². The minimum Gasteiger partial charge on any atom is -0.319 e. The SMILES string of the molecule is Cc1cccc(C)c1-c1ccnc(-n2c3[c-]c(Sc4[c-]c(N5[OH+]N(C(C)C)c6ccccc65)ccc4)ccc3c3ccccc32)c1.[Pt]. The predicted molar refractivity (Wildman–Crippen MR) is 190 cm³/mol. The number of hydrogen-bond donors (Lipinski definition) is 0. The average Bonchev–Trinajstić information content (AvgIpc) is 3.61. The van der Waals surface area contributed by atoms with Crippen LogP contribution in [0.5, 0.6) is 0 Å². The largest absolute Gasteiger partial charge is 0.319 e. The van der Waals surface area contributed by atoms with E-state index < -0.39 is 0 Å². The van der Waals surface area contributed by atoms with Crippen LogP contribution in [-0.4, -0.2) is 20.5 Å². The molecule has 0 amide bonds. The van der Waals surface area contributed by atoms with Gasteiger partial charge in [-0.1, -0.05) is 54.0 Å². The van der Waals surface area contributed by atoms with Crippen molar-refractivity contribution in [2.75, 3.05) is 10.1 Å². The van der Waals surface area contributed by atoms with Crippen molar-refractivity contribution in [1.29, 1.82) is 0 Å². The molecule has 0 saturated heterocycles. The molecule has 0 bridgehead atoms. The number of pyridine rings is 1. The molecule has 0 spiro atoms. The Morgan fingerprint density at radius 1 is 0.723 bits per heavy atom. The zero-order valence-corrected chi connectivity index (χ0v) is 29.6. The molecular formula is C40H33N4OPtS-. The summed E-state index contributed by atoms with van der Waals surface area (Å²) in [5.74, 6) is 0.877. The molecule has 5 aromatic carbocycles. The Hall–Kier alpha value is -4.35. The fourth-order valence-electron chi connectivity index (χ4n) is 6.46. The Morgan fingerprint density at radius 2 is 1.45 bits per heavy atom. The number of fused-ring (bicyclic) bond motifs is 4. The zero-order chi connectivity index (χ0) is 31.4. The van der Waals surface area contributed by atoms with E-state index in [2.05, 4.69) is 159 Å². The van der Waals surface area contributed by atoms with E-state index in [1.165, 1.54) is 22.1 Å². The number of aromatic nitrogens is 2. The topological polar surface area (TPSA) is 37.1 Å². The molecule has 7 heteroatoms. The van der Waals surface area contributed by atoms with E-state index in [0.29, 0.717) is 0 Å². The maximum absolute atomic E-state index is 4.93. The second kappa shape index (κ2) is 12.7. The molecule has 0 saturated carbocycles. The van der Waals surface area contributed by atoms with Crippen LogP contribution in [0.25, 0.3) is 38.8 Å². The quantitative estimate of drug-likeness (QED) is 0.124. The molecule has 0 fully saturated rings. The molecule has 5 nitrogen and oxygen atoms in total. The maximum Gasteiger partial charge on any atom is 0.145 e. The Labute approximate surface area is 294 Å². The first-order valence-corrected chi connectivity index (χ1v) is 16.4. The van der Waals surface area contributed by atoms with Gasteiger partial charge in [-0.15, -0.1) is 55.3 Å². The van der Waals surface area contributed by atoms with Gasteiger partial charge >= 0.3 is 0 Å². The third-order valence-electron chi connectivity index (χ3n) is 8.53. The number of hydroxylamine groups is 1. The van der Waals surface area contributed by atoms with Crippen LogP contribution < -0.4 is 10.1 Å². The van der Waals surface area contributed by atoms with E-state index >= 15 is 0 Å². The summed E-state index contributed by atoms with van der Waals surface area (Å²) in [6.45, 7) is 8.65. The molecule has 2 aromatic heterocycles. The van der Waals surface area contributed by atoms with Gasteiger partial charge in [-0.05, 0) is 85.7 Å². The van der Waals surface area contributed by atoms with E-state index in [4.69, 9.17) is 9.92 Å². The number of anilines is 3. The Kier molecular flexibility index (Phi) is 8.44. The van der Waals surface area contributed by atoms with Gasteiger partial charge in [-0.25, -0.2) is 4.98 Å². The molecule has 8 rings (SSSR count). The van der Waals surface area contributed by atoms with Crippen molar-refractivity contribution in [3.63, 3.8) is 0 Å². The molecule has 47 heavy (non-hydrogen) atoms. The fourth-order valence-corrected chi connectivity index (χ4v) is 7.29. The third-order valence-corrected chi connectivity index (χ3v) is 9.45. The summed E-state index contributed by atoms with van der Waals surface area (Å²) in [6.07, 6.45) is 1.91. The molecule has 1 aliphatic heterocycles. The van der Waals surface area contributed by atoms with Crippen molar-refractivity contribution in [1.82, 2.24) is 9.55 Å². The number of benzene rings is 5. The molecule has 7 aromatic rings. The van der Waals surface area contributed by atoms with Crippen molar-refractivity contribution < 1.29 is 26.0 Å². The van der Waals surface area contributed by atoms with E-state index in [0.717, 1.165) is 54.7 Å². The molecule has 0 atom stereocenters. The van der Waals surface area contributed by atoms with Gasteiger partial charge < -0.3 is 4.57 Å². The standard InChI is InChI=1S/C40H32N4OS.Pt/c1-26(2)43-36-17-7-8-18-37(36)44(45-43)30-13-10-14-31(24-30)46-32-19-20-34-33-15-5-6-16-35(33)42(38(34)25-32)39-23-29(21-22-41-39)40-27(3)11-9-12-28(40)4;/h5-23,26H,1-4H3;/q-2;/p+1. The van der Waals surface area contributed by atoms with Gasteiger partial charge in [-0.3, -0.25) is 0 Å². The smallest absolute Gasteiger partial charge is 0.145 e. The van der Waals surface area contributed by atoms with Gasteiger partial charge in [0.2, 0.25) is 0 Å². The maximum atomic E-state index is 4.93. The third kappa shape index (κ3) is 5.55. The van der Waals surface area contributed by atoms with Crippen LogP contribution in [0, 0.1) is 26.0 Å². The monoisotopic (exact) mass is 812 g/mol. The van der Waals surface area contributed by atoms with Crippen LogP contribution in [0.15, 0.2) is 125 Å². The molecule has 3 heterocycles. The summed E-state index contributed by atoms with van der Waals surface area (Å²) in [6, 6.07) is 45.8. The van der Waals surface area contributed by atoms with Crippen LogP contribution in [0.2, 0.25) is 0 Å². The van der Waals surface area contributed by atoms with Crippen molar-refractivity contribution >= 4 is 50.6 Å². The summed E-state index contributed by atoms with van der Waals surface area (Å²) >= 11 is 1.65. The van der Waals surface area contributed by atoms with E-state index in [-0.39, 0.29) is 27.1 Å². The van der Waals surface area contributed by atoms with Crippen LogP contribution in [0.3, 0.4) is 0 Å². The van der Waals surface area contributed by atoms with Crippen molar-refractivity contribution in [3.8, 4) is 16.9 Å². The normalized spacial score (nSPS) is 12.6. The first kappa shape index (κ1) is 31.3.